The van der Waals surface area contributed by atoms with E-state index in [1.807, 2.05) is 19.9 Å². The number of nitrogens with zero attached hydrogens (tertiary/aromatic N) is 2. The average Bonchev–Trinajstić information content (AvgIpc) is 3.65. The maximum atomic E-state index is 11.1. The number of carbonyl (C=O) groups excluding carboxylic acids is 1. The van der Waals surface area contributed by atoms with Crippen LogP contribution in [-0.4, -0.2) is 37.7 Å². The monoisotopic (exact) mass is 440 g/mol. The highest BCUT2D eigenvalue weighted by molar-refractivity contribution is 5.95. The summed E-state index contributed by atoms with van der Waals surface area (Å²) in [4.78, 5) is 20.3. The second-order valence-corrected chi connectivity index (χ2v) is 8.87. The van der Waals surface area contributed by atoms with E-state index < -0.39 is 6.03 Å². The molecule has 2 fully saturated rings. The molecular weight excluding hydrogens is 400 g/mol. The largest absolute Gasteiger partial charge is 0.385 e. The molecule has 7 nitrogen and oxygen atoms in total. The lowest BCUT2D eigenvalue weighted by atomic mass is 10.0. The van der Waals surface area contributed by atoms with Crippen molar-refractivity contribution in [2.45, 2.75) is 65.8 Å². The van der Waals surface area contributed by atoms with Crippen LogP contribution in [0.2, 0.25) is 0 Å². The molecule has 0 heterocycles. The number of allylic oxidation sites excluding steroid dienone is 5. The first kappa shape index (κ1) is 25.4. The molecule has 0 aliphatic heterocycles. The molecule has 2 amide bonds. The lowest BCUT2D eigenvalue weighted by Crippen LogP contribution is -2.28. The van der Waals surface area contributed by atoms with Gasteiger partial charge in [0.15, 0.2) is 0 Å². The molecule has 2 rings (SSSR count). The third-order valence-electron chi connectivity index (χ3n) is 5.75. The number of amidine groups is 1. The Morgan fingerprint density at radius 2 is 1.91 bits per heavy atom. The van der Waals surface area contributed by atoms with Gasteiger partial charge in [0.2, 0.25) is 0 Å². The summed E-state index contributed by atoms with van der Waals surface area (Å²) < 4.78 is 0. The van der Waals surface area contributed by atoms with Crippen LogP contribution >= 0.6 is 0 Å². The zero-order valence-corrected chi connectivity index (χ0v) is 20.3. The van der Waals surface area contributed by atoms with E-state index in [9.17, 15) is 4.79 Å². The van der Waals surface area contributed by atoms with Crippen molar-refractivity contribution in [1.82, 2.24) is 16.0 Å². The predicted molar refractivity (Wildman–Crippen MR) is 135 cm³/mol. The highest BCUT2D eigenvalue weighted by Crippen LogP contribution is 2.28. The van der Waals surface area contributed by atoms with Gasteiger partial charge in [0.1, 0.15) is 5.84 Å². The topological polar surface area (TPSA) is 104 Å². The lowest BCUT2D eigenvalue weighted by Gasteiger charge is -2.18. The normalized spacial score (nSPS) is 19.5. The first-order valence-corrected chi connectivity index (χ1v) is 11.6. The highest BCUT2D eigenvalue weighted by atomic mass is 16.2. The van der Waals surface area contributed by atoms with Crippen molar-refractivity contribution in [3.8, 4) is 0 Å². The lowest BCUT2D eigenvalue weighted by molar-refractivity contribution is 0.251. The van der Waals surface area contributed by atoms with E-state index in [0.29, 0.717) is 17.7 Å². The van der Waals surface area contributed by atoms with Gasteiger partial charge < -0.3 is 21.7 Å². The predicted octanol–water partition coefficient (Wildman–Crippen LogP) is 4.17. The zero-order chi connectivity index (χ0) is 23.7. The molecule has 0 aromatic heterocycles. The van der Waals surface area contributed by atoms with Crippen molar-refractivity contribution in [3.63, 3.8) is 0 Å². The molecule has 7 heteroatoms. The standard InChI is InChI=1S/C25H40N6O/c1-7-16(2)23(31-22-10-11-22)13-24(28-14-20-8-9-20)29-19(5)21(15-27-6)12-17(3)18(4)30-25(26)32/h12-13,15-16,20,22,31H,4,7-11,14H2,1-3,5-6H3,(H,28,29)(H3,26,30,32)/b17-12+,21-19+,23-13+,27-15-/t16-/m1/s1. The van der Waals surface area contributed by atoms with Crippen LogP contribution in [0.3, 0.4) is 0 Å². The van der Waals surface area contributed by atoms with E-state index in [1.165, 1.54) is 31.4 Å². The molecule has 176 valence electrons. The van der Waals surface area contributed by atoms with Gasteiger partial charge in [-0.15, -0.1) is 0 Å². The summed E-state index contributed by atoms with van der Waals surface area (Å²) in [5.41, 5.74) is 9.36. The van der Waals surface area contributed by atoms with Crippen molar-refractivity contribution in [2.75, 3.05) is 13.6 Å². The molecule has 0 saturated heterocycles. The van der Waals surface area contributed by atoms with Gasteiger partial charge in [-0.3, -0.25) is 4.99 Å². The summed E-state index contributed by atoms with van der Waals surface area (Å²) in [5.74, 6) is 2.04. The minimum Gasteiger partial charge on any atom is -0.385 e. The number of urea groups is 1. The van der Waals surface area contributed by atoms with Crippen LogP contribution in [-0.2, 0) is 0 Å². The number of amides is 2. The first-order chi connectivity index (χ1) is 15.2. The third kappa shape index (κ3) is 9.12. The van der Waals surface area contributed by atoms with Gasteiger partial charge in [-0.1, -0.05) is 20.4 Å². The average molecular weight is 441 g/mol. The minimum atomic E-state index is -0.635. The van der Waals surface area contributed by atoms with Crippen LogP contribution in [0.25, 0.3) is 0 Å². The van der Waals surface area contributed by atoms with Gasteiger partial charge in [0.05, 0.1) is 0 Å². The van der Waals surface area contributed by atoms with Crippen molar-refractivity contribution < 1.29 is 4.79 Å². The van der Waals surface area contributed by atoms with E-state index in [1.54, 1.807) is 13.3 Å². The molecule has 32 heavy (non-hydrogen) atoms. The van der Waals surface area contributed by atoms with E-state index >= 15 is 0 Å². The zero-order valence-electron chi connectivity index (χ0n) is 20.3. The summed E-state index contributed by atoms with van der Waals surface area (Å²) in [7, 11) is 1.73. The smallest absolute Gasteiger partial charge is 0.316 e. The number of hydrogen-bond acceptors (Lipinski definition) is 4. The Morgan fingerprint density at radius 3 is 2.44 bits per heavy atom. The fourth-order valence-electron chi connectivity index (χ4n) is 3.04. The Hall–Kier alpha value is -2.83. The van der Waals surface area contributed by atoms with Crippen molar-refractivity contribution in [2.24, 2.45) is 27.6 Å². The summed E-state index contributed by atoms with van der Waals surface area (Å²) in [6.45, 7) is 13.1. The third-order valence-corrected chi connectivity index (χ3v) is 5.75. The Kier molecular flexibility index (Phi) is 9.75. The van der Waals surface area contributed by atoms with Crippen LogP contribution in [0.4, 0.5) is 4.79 Å². The highest BCUT2D eigenvalue weighted by Gasteiger charge is 2.24. The first-order valence-electron chi connectivity index (χ1n) is 11.6. The van der Waals surface area contributed by atoms with E-state index in [0.717, 1.165) is 41.6 Å². The fourth-order valence-corrected chi connectivity index (χ4v) is 3.04. The number of nitrogens with two attached hydrogens (primary N) is 1. The van der Waals surface area contributed by atoms with Crippen LogP contribution in [0.5, 0.6) is 0 Å². The number of aliphatic imine (C=N–C) groups is 2. The molecule has 0 unspecified atom stereocenters. The Labute approximate surface area is 193 Å². The fraction of sp³-hybridized carbons (Fsp3) is 0.560. The molecule has 0 bridgehead atoms. The molecule has 1 atom stereocenters. The number of rotatable bonds is 12. The maximum absolute atomic E-state index is 11.1. The minimum absolute atomic E-state index is 0.440. The van der Waals surface area contributed by atoms with Crippen LogP contribution in [0.1, 0.15) is 59.8 Å². The Morgan fingerprint density at radius 1 is 1.22 bits per heavy atom. The van der Waals surface area contributed by atoms with Crippen molar-refractivity contribution in [1.29, 1.82) is 0 Å². The second-order valence-electron chi connectivity index (χ2n) is 8.87. The number of hydrogen-bond donors (Lipinski definition) is 4. The number of primary amides is 1. The molecule has 0 aromatic carbocycles. The van der Waals surface area contributed by atoms with Gasteiger partial charge in [-0.25, -0.2) is 9.79 Å². The van der Waals surface area contributed by atoms with Crippen molar-refractivity contribution >= 4 is 18.1 Å². The Bertz CT molecular complexity index is 840. The molecule has 0 spiro atoms. The maximum Gasteiger partial charge on any atom is 0.316 e. The molecule has 2 saturated carbocycles. The molecule has 0 aromatic rings. The quantitative estimate of drug-likeness (QED) is 0.208. The number of carbonyl (C=O) groups is 1. The summed E-state index contributed by atoms with van der Waals surface area (Å²) in [6.07, 6.45) is 11.9. The number of nitrogens with one attached hydrogen (secondary N) is 3. The van der Waals surface area contributed by atoms with E-state index in [4.69, 9.17) is 10.7 Å². The van der Waals surface area contributed by atoms with Gasteiger partial charge in [-0.05, 0) is 75.5 Å². The molecule has 0 radical (unpaired) electrons. The molecular formula is C25H40N6O. The Balaban J connectivity index is 2.38. The van der Waals surface area contributed by atoms with E-state index in [-0.39, 0.29) is 0 Å². The summed E-state index contributed by atoms with van der Waals surface area (Å²) >= 11 is 0. The molecule has 2 aliphatic carbocycles. The SMILES string of the molecule is C=C(NC(N)=O)/C(C)=C/C(/C=N\C)=C(C)\N=C(/C=C(/NC1CC1)[C@H](C)CC)NCC1CC1. The van der Waals surface area contributed by atoms with E-state index in [2.05, 4.69) is 47.4 Å². The van der Waals surface area contributed by atoms with Gasteiger partial charge in [0.25, 0.3) is 0 Å². The van der Waals surface area contributed by atoms with Crippen molar-refractivity contribution in [3.05, 3.63) is 47.0 Å². The summed E-state index contributed by atoms with van der Waals surface area (Å²) in [5, 5.41) is 9.77. The second kappa shape index (κ2) is 12.3. The van der Waals surface area contributed by atoms with Crippen LogP contribution < -0.4 is 21.7 Å². The molecule has 2 aliphatic rings. The van der Waals surface area contributed by atoms with Gasteiger partial charge in [-0.2, -0.15) is 0 Å². The van der Waals surface area contributed by atoms with Gasteiger partial charge >= 0.3 is 6.03 Å². The van der Waals surface area contributed by atoms with Crippen LogP contribution in [0, 0.1) is 11.8 Å². The van der Waals surface area contributed by atoms with Crippen LogP contribution in [0.15, 0.2) is 57.0 Å². The van der Waals surface area contributed by atoms with Gasteiger partial charge in [0, 0.05) is 48.5 Å². The summed E-state index contributed by atoms with van der Waals surface area (Å²) in [6, 6.07) is -0.0432. The molecule has 5 N–H and O–H groups in total.